The minimum Gasteiger partial charge on any atom is -0.396 e. The van der Waals surface area contributed by atoms with E-state index < -0.39 is 52.8 Å². The van der Waals surface area contributed by atoms with Crippen LogP contribution in [0.15, 0.2) is 35.5 Å². The number of ketones is 1. The Bertz CT molecular complexity index is 1590. The lowest BCUT2D eigenvalue weighted by molar-refractivity contribution is -0.143. The molecule has 1 saturated heterocycles. The molecule has 7 atom stereocenters. The third-order valence-corrected chi connectivity index (χ3v) is 11.4. The van der Waals surface area contributed by atoms with E-state index >= 15 is 0 Å². The molecule has 0 aromatic heterocycles. The number of carbonyl (C=O) groups excluding carboxylic acids is 6. The van der Waals surface area contributed by atoms with Gasteiger partial charge in [0.05, 0.1) is 35.5 Å². The molecule has 264 valence electrons. The van der Waals surface area contributed by atoms with Gasteiger partial charge in [0.1, 0.15) is 12.1 Å². The van der Waals surface area contributed by atoms with Crippen LogP contribution in [0.25, 0.3) is 0 Å². The number of amides is 6. The van der Waals surface area contributed by atoms with Gasteiger partial charge in [-0.25, -0.2) is 4.79 Å². The molecule has 0 radical (unpaired) electrons. The molecule has 2 heterocycles. The van der Waals surface area contributed by atoms with E-state index in [0.29, 0.717) is 24.1 Å². The summed E-state index contributed by atoms with van der Waals surface area (Å²) >= 11 is 0. The van der Waals surface area contributed by atoms with Crippen LogP contribution in [0.5, 0.6) is 0 Å². The number of hydrogen-bond acceptors (Lipinski definition) is 7. The van der Waals surface area contributed by atoms with E-state index in [-0.39, 0.29) is 47.6 Å². The first kappa shape index (κ1) is 34.6. The first-order valence-electron chi connectivity index (χ1n) is 17.6. The fourth-order valence-corrected chi connectivity index (χ4v) is 8.36. The summed E-state index contributed by atoms with van der Waals surface area (Å²) in [6.07, 6.45) is 4.97. The fourth-order valence-electron chi connectivity index (χ4n) is 8.36. The van der Waals surface area contributed by atoms with Crippen LogP contribution in [-0.4, -0.2) is 82.5 Å². The van der Waals surface area contributed by atoms with Gasteiger partial charge in [0.15, 0.2) is 0 Å². The summed E-state index contributed by atoms with van der Waals surface area (Å²) in [5.74, 6) is -1.44. The first-order valence-corrected chi connectivity index (χ1v) is 17.6. The molecule has 12 heteroatoms. The van der Waals surface area contributed by atoms with Crippen molar-refractivity contribution in [3.05, 3.63) is 46.7 Å². The van der Waals surface area contributed by atoms with Gasteiger partial charge in [0, 0.05) is 6.54 Å². The van der Waals surface area contributed by atoms with Gasteiger partial charge in [-0.3, -0.25) is 28.9 Å². The topological polar surface area (TPSA) is 171 Å². The Labute approximate surface area is 288 Å². The maximum Gasteiger partial charge on any atom is 0.315 e. The van der Waals surface area contributed by atoms with Crippen LogP contribution in [-0.2, 0) is 14.4 Å². The molecule has 3 fully saturated rings. The number of urea groups is 1. The molecule has 6 rings (SSSR count). The number of nitrogens with two attached hydrogens (primary N) is 1. The Balaban J connectivity index is 1.18. The van der Waals surface area contributed by atoms with Crippen molar-refractivity contribution in [3.63, 3.8) is 0 Å². The van der Waals surface area contributed by atoms with Gasteiger partial charge < -0.3 is 26.6 Å². The summed E-state index contributed by atoms with van der Waals surface area (Å²) in [7, 11) is 0. The molecule has 12 nitrogen and oxygen atoms in total. The third-order valence-electron chi connectivity index (χ3n) is 11.4. The number of likely N-dealkylation sites (tertiary alicyclic amines) is 1. The summed E-state index contributed by atoms with van der Waals surface area (Å²) in [4.78, 5) is 84.3. The van der Waals surface area contributed by atoms with Gasteiger partial charge in [0.2, 0.25) is 17.6 Å². The monoisotopic (exact) mass is 674 g/mol. The molecule has 1 aromatic carbocycles. The molecular formula is C37H50N6O6. The Kier molecular flexibility index (Phi) is 8.90. The van der Waals surface area contributed by atoms with Crippen molar-refractivity contribution in [2.75, 3.05) is 13.1 Å². The average Bonchev–Trinajstić information content (AvgIpc) is 3.67. The zero-order valence-corrected chi connectivity index (χ0v) is 29.4. The number of hydrogen-bond donors (Lipinski definition) is 4. The quantitative estimate of drug-likeness (QED) is 0.322. The van der Waals surface area contributed by atoms with Gasteiger partial charge >= 0.3 is 6.03 Å². The lowest BCUT2D eigenvalue weighted by atomic mass is 9.69. The van der Waals surface area contributed by atoms with Crippen LogP contribution >= 0.6 is 0 Å². The SMILES string of the molecule is CC(C)(C)[C@H](NC(=O)N[C@H](CN1C(=O)c2ccccc2C1=O)C(C)(C)C)C(=O)N1C[C@@H]2CCC[C@@H]2[C@H]1C(=O)NC1CC2CCC2=C(N)C1=O. The van der Waals surface area contributed by atoms with E-state index in [1.54, 1.807) is 29.2 Å². The normalized spacial score (nSPS) is 27.6. The smallest absolute Gasteiger partial charge is 0.315 e. The molecule has 0 spiro atoms. The van der Waals surface area contributed by atoms with E-state index in [9.17, 15) is 28.8 Å². The van der Waals surface area contributed by atoms with Gasteiger partial charge in [-0.15, -0.1) is 0 Å². The summed E-state index contributed by atoms with van der Waals surface area (Å²) < 4.78 is 0. The number of benzene rings is 1. The summed E-state index contributed by atoms with van der Waals surface area (Å²) in [6.45, 7) is 11.6. The summed E-state index contributed by atoms with van der Waals surface area (Å²) in [5.41, 5.74) is 6.79. The van der Waals surface area contributed by atoms with Crippen molar-refractivity contribution in [2.24, 2.45) is 34.3 Å². The molecule has 49 heavy (non-hydrogen) atoms. The molecule has 2 unspecified atom stereocenters. The Morgan fingerprint density at radius 3 is 2.14 bits per heavy atom. The van der Waals surface area contributed by atoms with Crippen LogP contribution in [0.3, 0.4) is 0 Å². The predicted octanol–water partition coefficient (Wildman–Crippen LogP) is 3.12. The summed E-state index contributed by atoms with van der Waals surface area (Å²) in [5, 5.41) is 8.83. The Morgan fingerprint density at radius 1 is 0.918 bits per heavy atom. The molecule has 5 aliphatic rings. The number of fused-ring (bicyclic) bond motifs is 3. The van der Waals surface area contributed by atoms with Crippen molar-refractivity contribution in [1.29, 1.82) is 0 Å². The van der Waals surface area contributed by atoms with Crippen LogP contribution in [0, 0.1) is 28.6 Å². The lowest BCUT2D eigenvalue weighted by Crippen LogP contribution is -2.62. The highest BCUT2D eigenvalue weighted by atomic mass is 16.2. The highest BCUT2D eigenvalue weighted by molar-refractivity contribution is 6.21. The van der Waals surface area contributed by atoms with Crippen LogP contribution in [0.2, 0.25) is 0 Å². The van der Waals surface area contributed by atoms with Crippen molar-refractivity contribution in [2.45, 2.75) is 104 Å². The largest absolute Gasteiger partial charge is 0.396 e. The summed E-state index contributed by atoms with van der Waals surface area (Å²) in [6, 6.07) is 2.93. The number of imide groups is 1. The molecule has 2 aliphatic heterocycles. The second kappa shape index (κ2) is 12.6. The van der Waals surface area contributed by atoms with Gasteiger partial charge in [-0.05, 0) is 78.4 Å². The average molecular weight is 675 g/mol. The van der Waals surface area contributed by atoms with Gasteiger partial charge in [-0.2, -0.15) is 0 Å². The minimum atomic E-state index is -0.992. The predicted molar refractivity (Wildman–Crippen MR) is 182 cm³/mol. The second-order valence-corrected chi connectivity index (χ2v) is 16.7. The van der Waals surface area contributed by atoms with E-state index in [1.807, 2.05) is 41.5 Å². The van der Waals surface area contributed by atoms with E-state index in [1.165, 1.54) is 0 Å². The molecule has 6 amide bonds. The molecule has 1 aromatic rings. The number of nitrogens with zero attached hydrogens (tertiary/aromatic N) is 2. The highest BCUT2D eigenvalue weighted by Gasteiger charge is 2.53. The van der Waals surface area contributed by atoms with Crippen LogP contribution in [0.1, 0.15) is 101 Å². The van der Waals surface area contributed by atoms with Gasteiger partial charge in [-0.1, -0.05) is 60.1 Å². The lowest BCUT2D eigenvalue weighted by Gasteiger charge is -2.40. The zero-order chi connectivity index (χ0) is 35.6. The molecule has 0 bridgehead atoms. The third kappa shape index (κ3) is 6.34. The minimum absolute atomic E-state index is 0.0332. The fraction of sp³-hybridized carbons (Fsp3) is 0.622. The molecule has 2 saturated carbocycles. The maximum absolute atomic E-state index is 14.5. The van der Waals surface area contributed by atoms with Gasteiger partial charge in [0.25, 0.3) is 11.8 Å². The number of allylic oxidation sites excluding steroid dienone is 1. The van der Waals surface area contributed by atoms with Crippen LogP contribution in [0.4, 0.5) is 4.79 Å². The van der Waals surface area contributed by atoms with E-state index in [2.05, 4.69) is 16.0 Å². The molecular weight excluding hydrogens is 624 g/mol. The number of rotatable bonds is 7. The van der Waals surface area contributed by atoms with Crippen molar-refractivity contribution in [3.8, 4) is 0 Å². The van der Waals surface area contributed by atoms with Crippen LogP contribution < -0.4 is 21.7 Å². The van der Waals surface area contributed by atoms with Crippen molar-refractivity contribution >= 4 is 35.4 Å². The van der Waals surface area contributed by atoms with Crippen molar-refractivity contribution in [1.82, 2.24) is 25.8 Å². The standard InChI is InChI=1S/C37H50N6O6/c1-36(2,3)26(18-43-32(46)23-11-7-8-12-24(23)33(43)47)40-35(49)41-30(37(4,5)6)34(48)42-17-20-10-9-13-22(20)28(42)31(45)39-25-16-19-14-15-21(19)27(38)29(25)44/h7-8,11-12,19-20,22,25-26,28,30H,9-10,13-18,38H2,1-6H3,(H,39,45)(H2,40,41,49)/t19?,20-,22-,25?,26+,28-,30+/m0/s1. The molecule has 5 N–H and O–H groups in total. The first-order chi connectivity index (χ1) is 23.0. The number of nitrogens with one attached hydrogen (secondary N) is 3. The second-order valence-electron chi connectivity index (χ2n) is 16.7. The zero-order valence-electron chi connectivity index (χ0n) is 29.4. The number of Topliss-reactive ketones (excluding diaryl/α,β-unsaturated/α-hetero) is 1. The Hall–Kier alpha value is -4.22. The maximum atomic E-state index is 14.5. The number of carbonyl (C=O) groups is 6. The molecule has 3 aliphatic carbocycles. The highest BCUT2D eigenvalue weighted by Crippen LogP contribution is 2.44. The van der Waals surface area contributed by atoms with E-state index in [0.717, 1.165) is 42.6 Å². The Morgan fingerprint density at radius 2 is 1.57 bits per heavy atom. The van der Waals surface area contributed by atoms with Crippen molar-refractivity contribution < 1.29 is 28.8 Å². The van der Waals surface area contributed by atoms with E-state index in [4.69, 9.17) is 5.73 Å².